The molecule has 4 aliphatic carbocycles. The van der Waals surface area contributed by atoms with Gasteiger partial charge in [0.2, 0.25) is 0 Å². The molecule has 4 saturated carbocycles. The Morgan fingerprint density at radius 1 is 1.00 bits per heavy atom. The van der Waals surface area contributed by atoms with Gasteiger partial charge in [0.1, 0.15) is 0 Å². The summed E-state index contributed by atoms with van der Waals surface area (Å²) >= 11 is 0. The van der Waals surface area contributed by atoms with Gasteiger partial charge in [-0.2, -0.15) is 0 Å². The largest absolute Gasteiger partial charge is 1.00 e. The van der Waals surface area contributed by atoms with Crippen molar-refractivity contribution in [1.82, 2.24) is 0 Å². The molecule has 0 nitrogen and oxygen atoms in total. The minimum absolute atomic E-state index is 0. The molecule has 0 atom stereocenters. The molecular weight excluding hydrogens is 215 g/mol. The van der Waals surface area contributed by atoms with Crippen LogP contribution in [0.15, 0.2) is 0 Å². The van der Waals surface area contributed by atoms with Gasteiger partial charge in [0.15, 0.2) is 0 Å². The smallest absolute Gasteiger partial charge is 0.449 e. The van der Waals surface area contributed by atoms with E-state index in [4.69, 9.17) is 0 Å². The maximum absolute atomic E-state index is 12.5. The molecule has 0 aromatic rings. The summed E-state index contributed by atoms with van der Waals surface area (Å²) in [6.45, 7) is -4.55. The SMILES string of the molecule is F[B-](F)(F)C12CC(C3CCC3)(C1)C2.[K+]. The molecule has 0 saturated heterocycles. The van der Waals surface area contributed by atoms with Gasteiger partial charge in [0.25, 0.3) is 0 Å². The third kappa shape index (κ3) is 1.28. The van der Waals surface area contributed by atoms with Crippen molar-refractivity contribution in [1.29, 1.82) is 0 Å². The second kappa shape index (κ2) is 3.25. The van der Waals surface area contributed by atoms with Crippen LogP contribution in [0.5, 0.6) is 0 Å². The van der Waals surface area contributed by atoms with E-state index in [9.17, 15) is 12.9 Å². The Balaban J connectivity index is 0.000000750. The van der Waals surface area contributed by atoms with Crippen molar-refractivity contribution in [3.63, 3.8) is 0 Å². The van der Waals surface area contributed by atoms with Crippen LogP contribution in [0.3, 0.4) is 0 Å². The van der Waals surface area contributed by atoms with Crippen LogP contribution in [-0.2, 0) is 0 Å². The van der Waals surface area contributed by atoms with Crippen LogP contribution in [0.4, 0.5) is 12.9 Å². The van der Waals surface area contributed by atoms with Gasteiger partial charge >= 0.3 is 58.4 Å². The van der Waals surface area contributed by atoms with Crippen LogP contribution in [0.1, 0.15) is 38.5 Å². The van der Waals surface area contributed by atoms with E-state index in [2.05, 4.69) is 0 Å². The summed E-state index contributed by atoms with van der Waals surface area (Å²) in [6, 6.07) is 0. The maximum atomic E-state index is 12.5. The molecule has 14 heavy (non-hydrogen) atoms. The van der Waals surface area contributed by atoms with Gasteiger partial charge in [0, 0.05) is 0 Å². The molecule has 0 N–H and O–H groups in total. The van der Waals surface area contributed by atoms with E-state index >= 15 is 0 Å². The van der Waals surface area contributed by atoms with Gasteiger partial charge in [-0.15, -0.1) is 0 Å². The Morgan fingerprint density at radius 3 is 1.79 bits per heavy atom. The van der Waals surface area contributed by atoms with Gasteiger partial charge in [-0.1, -0.05) is 31.0 Å². The van der Waals surface area contributed by atoms with E-state index in [1.165, 1.54) is 19.3 Å². The van der Waals surface area contributed by atoms with Crippen LogP contribution >= 0.6 is 0 Å². The molecule has 0 aliphatic heterocycles. The first-order valence-corrected chi connectivity index (χ1v) is 5.17. The van der Waals surface area contributed by atoms with Gasteiger partial charge < -0.3 is 12.9 Å². The molecule has 4 aliphatic rings. The Hall–Kier alpha value is 1.49. The quantitative estimate of drug-likeness (QED) is 0.606. The van der Waals surface area contributed by atoms with Crippen LogP contribution in [0, 0.1) is 11.3 Å². The Morgan fingerprint density at radius 2 is 1.50 bits per heavy atom. The van der Waals surface area contributed by atoms with E-state index in [-0.39, 0.29) is 56.8 Å². The van der Waals surface area contributed by atoms with Crippen molar-refractivity contribution in [3.05, 3.63) is 0 Å². The van der Waals surface area contributed by atoms with Crippen molar-refractivity contribution in [2.75, 3.05) is 0 Å². The van der Waals surface area contributed by atoms with E-state index in [1.807, 2.05) is 0 Å². The molecular formula is C9H13BF3K. The topological polar surface area (TPSA) is 0 Å². The van der Waals surface area contributed by atoms with E-state index < -0.39 is 12.3 Å². The summed E-state index contributed by atoms with van der Waals surface area (Å²) in [5.74, 6) is 0.660. The third-order valence-electron chi connectivity index (χ3n) is 4.78. The zero-order valence-electron chi connectivity index (χ0n) is 8.53. The maximum Gasteiger partial charge on any atom is 1.00 e. The second-order valence-electron chi connectivity index (χ2n) is 5.46. The van der Waals surface area contributed by atoms with Crippen LogP contribution in [-0.4, -0.2) is 6.98 Å². The van der Waals surface area contributed by atoms with Gasteiger partial charge in [-0.05, 0) is 24.2 Å². The van der Waals surface area contributed by atoms with E-state index in [1.54, 1.807) is 0 Å². The fourth-order valence-electron chi connectivity index (χ4n) is 3.75. The minimum atomic E-state index is -4.55. The monoisotopic (exact) mass is 228 g/mol. The number of hydrogen-bond acceptors (Lipinski definition) is 0. The van der Waals surface area contributed by atoms with Gasteiger partial charge in [-0.3, -0.25) is 0 Å². The molecule has 0 unspecified atom stereocenters. The normalized spacial score (nSPS) is 45.6. The standard InChI is InChI=1S/C9H13BF3.K/c11-10(12,13)9-4-8(5-9,6-9)7-2-1-3-7;/h7H,1-6H2;/q-1;+1. The Bertz CT molecular complexity index is 239. The second-order valence-corrected chi connectivity index (χ2v) is 5.46. The van der Waals surface area contributed by atoms with Crippen molar-refractivity contribution in [3.8, 4) is 0 Å². The Kier molecular flexibility index (Phi) is 2.78. The Labute approximate surface area is 125 Å². The minimum Gasteiger partial charge on any atom is -0.449 e. The predicted molar refractivity (Wildman–Crippen MR) is 45.4 cm³/mol. The molecule has 0 amide bonds. The molecule has 74 valence electrons. The summed E-state index contributed by atoms with van der Waals surface area (Å²) in [4.78, 5) is 0. The molecule has 0 radical (unpaired) electrons. The molecule has 2 bridgehead atoms. The zero-order valence-corrected chi connectivity index (χ0v) is 11.7. The molecule has 0 heterocycles. The van der Waals surface area contributed by atoms with Crippen molar-refractivity contribution < 1.29 is 64.3 Å². The van der Waals surface area contributed by atoms with Gasteiger partial charge in [0.05, 0.1) is 0 Å². The van der Waals surface area contributed by atoms with Crippen LogP contribution < -0.4 is 51.4 Å². The van der Waals surface area contributed by atoms with Gasteiger partial charge in [-0.25, -0.2) is 0 Å². The number of hydrogen-bond donors (Lipinski definition) is 0. The first-order chi connectivity index (χ1) is 5.98. The van der Waals surface area contributed by atoms with E-state index in [0.717, 1.165) is 0 Å². The van der Waals surface area contributed by atoms with Crippen LogP contribution in [0.2, 0.25) is 5.31 Å². The van der Waals surface area contributed by atoms with Crippen molar-refractivity contribution in [2.45, 2.75) is 43.8 Å². The molecule has 4 rings (SSSR count). The molecule has 5 heteroatoms. The predicted octanol–water partition coefficient (Wildman–Crippen LogP) is 0.562. The van der Waals surface area contributed by atoms with E-state index in [0.29, 0.717) is 25.2 Å². The fraction of sp³-hybridized carbons (Fsp3) is 1.00. The molecule has 0 aromatic carbocycles. The summed E-state index contributed by atoms with van der Waals surface area (Å²) < 4.78 is 37.6. The molecule has 4 fully saturated rings. The summed E-state index contributed by atoms with van der Waals surface area (Å²) in [7, 11) is 0. The zero-order chi connectivity index (χ0) is 9.32. The average molecular weight is 228 g/mol. The summed E-state index contributed by atoms with van der Waals surface area (Å²) in [5, 5.41) is -1.16. The first kappa shape index (κ1) is 12.0. The van der Waals surface area contributed by atoms with Crippen molar-refractivity contribution >= 4 is 6.98 Å². The summed E-state index contributed by atoms with van der Waals surface area (Å²) in [6.07, 6.45) is 5.08. The van der Waals surface area contributed by atoms with Crippen molar-refractivity contribution in [2.24, 2.45) is 11.3 Å². The molecule has 0 spiro atoms. The first-order valence-electron chi connectivity index (χ1n) is 5.17. The average Bonchev–Trinajstić information content (AvgIpc) is 1.64. The van der Waals surface area contributed by atoms with Crippen LogP contribution in [0.25, 0.3) is 0 Å². The number of halogens is 3. The third-order valence-corrected chi connectivity index (χ3v) is 4.78. The summed E-state index contributed by atoms with van der Waals surface area (Å²) in [5.41, 5.74) is 0.176. The number of rotatable bonds is 2. The fourth-order valence-corrected chi connectivity index (χ4v) is 3.75. The molecule has 0 aromatic heterocycles.